The molecule has 0 aromatic carbocycles. The van der Waals surface area contributed by atoms with Gasteiger partial charge in [0, 0.05) is 0 Å². The Morgan fingerprint density at radius 2 is 2.09 bits per heavy atom. The number of hydrogen-bond acceptors (Lipinski definition) is 2. The molecule has 0 saturated heterocycles. The van der Waals surface area contributed by atoms with Crippen LogP contribution in [0.3, 0.4) is 0 Å². The zero-order chi connectivity index (χ0) is 8.91. The van der Waals surface area contributed by atoms with Crippen molar-refractivity contribution in [3.8, 4) is 0 Å². The van der Waals surface area contributed by atoms with Crippen molar-refractivity contribution in [2.45, 2.75) is 35.6 Å². The molecule has 0 fully saturated rings. The third kappa shape index (κ3) is 3.98. The Kier molecular flexibility index (Phi) is 5.12. The van der Waals surface area contributed by atoms with E-state index in [1.54, 1.807) is 0 Å². The second kappa shape index (κ2) is 5.00. The van der Waals surface area contributed by atoms with Crippen LogP contribution in [0.2, 0.25) is 8.43 Å². The van der Waals surface area contributed by atoms with Gasteiger partial charge in [-0.15, -0.1) is 0 Å². The summed E-state index contributed by atoms with van der Waals surface area (Å²) in [7, 11) is 0. The number of ether oxygens (including phenoxy) is 1. The fourth-order valence-corrected chi connectivity index (χ4v) is 1.10. The van der Waals surface area contributed by atoms with Crippen molar-refractivity contribution in [2.24, 2.45) is 0 Å². The van der Waals surface area contributed by atoms with E-state index in [1.165, 1.54) is 0 Å². The molecule has 0 atom stereocenters. The van der Waals surface area contributed by atoms with E-state index in [-0.39, 0.29) is 30.4 Å². The Labute approximate surface area is 78.8 Å². The fourth-order valence-electron chi connectivity index (χ4n) is 0.452. The Balaban J connectivity index is 3.82. The van der Waals surface area contributed by atoms with Crippen molar-refractivity contribution in [3.05, 3.63) is 0 Å². The van der Waals surface area contributed by atoms with Crippen LogP contribution < -0.4 is 0 Å². The van der Waals surface area contributed by atoms with Gasteiger partial charge in [-0.25, -0.2) is 0 Å². The number of rotatable bonds is 4. The SMILES string of the molecule is CCCOC(=O)C(C)(C)[Te]C. The summed E-state index contributed by atoms with van der Waals surface area (Å²) < 4.78 is 4.86. The van der Waals surface area contributed by atoms with Crippen LogP contribution in [0.25, 0.3) is 0 Å². The molecule has 0 aromatic heterocycles. The summed E-state index contributed by atoms with van der Waals surface area (Å²) in [5, 5.41) is 0. The van der Waals surface area contributed by atoms with Gasteiger partial charge in [-0.3, -0.25) is 0 Å². The molecule has 0 bridgehead atoms. The number of carbonyl (C=O) groups excluding carboxylic acids is 1. The van der Waals surface area contributed by atoms with E-state index in [4.69, 9.17) is 4.74 Å². The number of hydrogen-bond donors (Lipinski definition) is 0. The normalized spacial score (nSPS) is 11.3. The fraction of sp³-hybridized carbons (Fsp3) is 0.875. The van der Waals surface area contributed by atoms with Gasteiger partial charge in [0.25, 0.3) is 0 Å². The zero-order valence-electron chi connectivity index (χ0n) is 7.64. The maximum atomic E-state index is 11.3. The molecular weight excluding hydrogens is 256 g/mol. The number of esters is 1. The molecule has 2 nitrogen and oxygen atoms in total. The van der Waals surface area contributed by atoms with Crippen LogP contribution in [0.4, 0.5) is 0 Å². The van der Waals surface area contributed by atoms with Gasteiger partial charge in [-0.05, 0) is 0 Å². The summed E-state index contributed by atoms with van der Waals surface area (Å²) in [6.07, 6.45) is 0.909. The molecule has 0 aromatic rings. The molecule has 0 aliphatic rings. The molecule has 0 heterocycles. The van der Waals surface area contributed by atoms with Crippen LogP contribution >= 0.6 is 0 Å². The van der Waals surface area contributed by atoms with E-state index in [2.05, 4.69) is 4.97 Å². The van der Waals surface area contributed by atoms with Crippen LogP contribution in [0.15, 0.2) is 0 Å². The van der Waals surface area contributed by atoms with Gasteiger partial charge in [0.05, 0.1) is 0 Å². The monoisotopic (exact) mass is 274 g/mol. The van der Waals surface area contributed by atoms with Crippen molar-refractivity contribution >= 4 is 26.9 Å². The molecule has 0 amide bonds. The molecule has 0 spiro atoms. The molecule has 66 valence electrons. The van der Waals surface area contributed by atoms with E-state index in [1.807, 2.05) is 20.8 Å². The van der Waals surface area contributed by atoms with Gasteiger partial charge < -0.3 is 0 Å². The van der Waals surface area contributed by atoms with E-state index in [9.17, 15) is 4.79 Å². The number of carbonyl (C=O) groups is 1. The Hall–Kier alpha value is 0.260. The summed E-state index contributed by atoms with van der Waals surface area (Å²) >= 11 is -0.235. The first-order valence-corrected chi connectivity index (χ1v) is 7.26. The summed E-state index contributed by atoms with van der Waals surface area (Å²) in [4.78, 5) is 13.4. The standard InChI is InChI=1S/C8H16O2Te/c1-5-6-10-7(9)8(2,3)11-4/h5-6H2,1-4H3. The second-order valence-electron chi connectivity index (χ2n) is 2.85. The molecular formula is C8H16O2Te. The maximum absolute atomic E-state index is 11.3. The van der Waals surface area contributed by atoms with E-state index in [0.717, 1.165) is 6.42 Å². The molecule has 0 rings (SSSR count). The Morgan fingerprint density at radius 3 is 2.45 bits per heavy atom. The summed E-state index contributed by atoms with van der Waals surface area (Å²) in [5.41, 5.74) is 0. The molecule has 0 radical (unpaired) electrons. The van der Waals surface area contributed by atoms with Crippen LogP contribution in [0.5, 0.6) is 0 Å². The topological polar surface area (TPSA) is 26.3 Å². The molecule has 3 heteroatoms. The first-order valence-electron chi connectivity index (χ1n) is 3.77. The molecule has 0 saturated carbocycles. The molecule has 11 heavy (non-hydrogen) atoms. The molecule has 0 aliphatic carbocycles. The summed E-state index contributed by atoms with van der Waals surface area (Å²) in [5.74, 6) is -0.0238. The van der Waals surface area contributed by atoms with Crippen LogP contribution in [-0.4, -0.2) is 33.5 Å². The minimum atomic E-state index is -0.235. The van der Waals surface area contributed by atoms with Crippen molar-refractivity contribution in [3.63, 3.8) is 0 Å². The van der Waals surface area contributed by atoms with Crippen LogP contribution in [-0.2, 0) is 9.53 Å². The minimum absolute atomic E-state index is 0.0238. The van der Waals surface area contributed by atoms with Crippen molar-refractivity contribution < 1.29 is 9.53 Å². The molecule has 0 N–H and O–H groups in total. The predicted octanol–water partition coefficient (Wildman–Crippen LogP) is 1.89. The summed E-state index contributed by atoms with van der Waals surface area (Å²) in [6.45, 7) is 6.50. The summed E-state index contributed by atoms with van der Waals surface area (Å²) in [6, 6.07) is 0. The van der Waals surface area contributed by atoms with Gasteiger partial charge in [0.2, 0.25) is 0 Å². The second-order valence-corrected chi connectivity index (χ2v) is 6.93. The van der Waals surface area contributed by atoms with Crippen LogP contribution in [0, 0.1) is 0 Å². The van der Waals surface area contributed by atoms with Gasteiger partial charge >= 0.3 is 78.7 Å². The Bertz CT molecular complexity index is 132. The average Bonchev–Trinajstić information content (AvgIpc) is 2.00. The zero-order valence-corrected chi connectivity index (χ0v) is 9.97. The van der Waals surface area contributed by atoms with Crippen molar-refractivity contribution in [2.75, 3.05) is 6.61 Å². The van der Waals surface area contributed by atoms with Gasteiger partial charge in [-0.1, -0.05) is 0 Å². The first kappa shape index (κ1) is 11.3. The third-order valence-corrected chi connectivity index (χ3v) is 4.83. The van der Waals surface area contributed by atoms with Crippen molar-refractivity contribution in [1.82, 2.24) is 0 Å². The molecule has 0 aliphatic heterocycles. The van der Waals surface area contributed by atoms with Gasteiger partial charge in [0.15, 0.2) is 0 Å². The molecule has 0 unspecified atom stereocenters. The van der Waals surface area contributed by atoms with E-state index in [0.29, 0.717) is 6.61 Å². The Morgan fingerprint density at radius 1 is 1.55 bits per heavy atom. The average molecular weight is 272 g/mol. The van der Waals surface area contributed by atoms with Gasteiger partial charge in [0.1, 0.15) is 0 Å². The van der Waals surface area contributed by atoms with E-state index < -0.39 is 0 Å². The predicted molar refractivity (Wildman–Crippen MR) is 46.9 cm³/mol. The van der Waals surface area contributed by atoms with Crippen LogP contribution in [0.1, 0.15) is 27.2 Å². The quantitative estimate of drug-likeness (QED) is 0.577. The van der Waals surface area contributed by atoms with Crippen molar-refractivity contribution in [1.29, 1.82) is 0 Å². The van der Waals surface area contributed by atoms with E-state index >= 15 is 0 Å². The third-order valence-electron chi connectivity index (χ3n) is 1.44. The first-order chi connectivity index (χ1) is 5.04. The van der Waals surface area contributed by atoms with Gasteiger partial charge in [-0.2, -0.15) is 0 Å².